The van der Waals surface area contributed by atoms with E-state index in [4.69, 9.17) is 5.11 Å². The predicted molar refractivity (Wildman–Crippen MR) is 63.2 cm³/mol. The Balaban J connectivity index is 2.66. The highest BCUT2D eigenvalue weighted by Gasteiger charge is 2.26. The molecule has 0 saturated heterocycles. The van der Waals surface area contributed by atoms with Gasteiger partial charge in [-0.05, 0) is 24.0 Å². The molecule has 0 aromatic carbocycles. The number of carbonyl (C=O) groups is 1. The van der Waals surface area contributed by atoms with E-state index < -0.39 is 0 Å². The fourth-order valence-electron chi connectivity index (χ4n) is 1.56. The van der Waals surface area contributed by atoms with E-state index in [0.29, 0.717) is 12.1 Å². The Bertz CT molecular complexity index is 325. The van der Waals surface area contributed by atoms with Gasteiger partial charge in [0.2, 0.25) is 0 Å². The van der Waals surface area contributed by atoms with Crippen molar-refractivity contribution in [1.29, 1.82) is 0 Å². The molecule has 1 heterocycles. The number of amides is 1. The summed E-state index contributed by atoms with van der Waals surface area (Å²) in [5.41, 5.74) is 0.484. The van der Waals surface area contributed by atoms with Crippen LogP contribution in [-0.2, 0) is 0 Å². The Morgan fingerprint density at radius 2 is 2.25 bits per heavy atom. The van der Waals surface area contributed by atoms with Crippen LogP contribution in [0.25, 0.3) is 0 Å². The molecule has 16 heavy (non-hydrogen) atoms. The lowest BCUT2D eigenvalue weighted by Crippen LogP contribution is -2.44. The van der Waals surface area contributed by atoms with Gasteiger partial charge in [-0.25, -0.2) is 0 Å². The average molecular weight is 224 g/mol. The molecule has 0 saturated carbocycles. The summed E-state index contributed by atoms with van der Waals surface area (Å²) in [6.45, 7) is 6.21. The minimum atomic E-state index is -0.127. The molecule has 0 radical (unpaired) electrons. The molecule has 0 aliphatic rings. The number of carbonyl (C=O) groups excluding carboxylic acids is 1. The molecule has 0 spiro atoms. The van der Waals surface area contributed by atoms with Crippen molar-refractivity contribution < 1.29 is 9.90 Å². The molecule has 1 aromatic rings. The number of aromatic nitrogens is 1. The monoisotopic (exact) mass is 224 g/mol. The maximum Gasteiger partial charge on any atom is 0.267 e. The second-order valence-electron chi connectivity index (χ2n) is 4.99. The van der Waals surface area contributed by atoms with Crippen molar-refractivity contribution in [3.63, 3.8) is 0 Å². The zero-order chi connectivity index (χ0) is 12.2. The molecule has 1 rings (SSSR count). The molecule has 4 heteroatoms. The highest BCUT2D eigenvalue weighted by Crippen LogP contribution is 2.21. The van der Waals surface area contributed by atoms with Crippen LogP contribution in [0.4, 0.5) is 0 Å². The summed E-state index contributed by atoms with van der Waals surface area (Å²) in [5.74, 6) is -0.127. The first-order chi connectivity index (χ1) is 7.45. The molecular weight excluding hydrogens is 204 g/mol. The summed E-state index contributed by atoms with van der Waals surface area (Å²) < 4.78 is 0. The molecule has 1 atom stereocenters. The summed E-state index contributed by atoms with van der Waals surface area (Å²) in [6.07, 6.45) is 2.28. The smallest absolute Gasteiger partial charge is 0.267 e. The van der Waals surface area contributed by atoms with Gasteiger partial charge in [0.25, 0.3) is 5.91 Å². The van der Waals surface area contributed by atoms with E-state index in [1.165, 1.54) is 0 Å². The molecule has 90 valence electrons. The zero-order valence-electron chi connectivity index (χ0n) is 10.1. The third-order valence-corrected chi connectivity index (χ3v) is 2.61. The quantitative estimate of drug-likeness (QED) is 0.726. The van der Waals surface area contributed by atoms with E-state index >= 15 is 0 Å². The molecule has 0 aliphatic heterocycles. The van der Waals surface area contributed by atoms with Crippen molar-refractivity contribution in [2.24, 2.45) is 5.41 Å². The highest BCUT2D eigenvalue weighted by atomic mass is 16.3. The van der Waals surface area contributed by atoms with Crippen molar-refractivity contribution in [3.8, 4) is 0 Å². The van der Waals surface area contributed by atoms with Crippen LogP contribution in [-0.4, -0.2) is 28.6 Å². The molecular formula is C12H20N2O2. The van der Waals surface area contributed by atoms with Gasteiger partial charge in [-0.3, -0.25) is 4.79 Å². The Labute approximate surface area is 96.1 Å². The minimum Gasteiger partial charge on any atom is -0.396 e. The number of aromatic amines is 1. The van der Waals surface area contributed by atoms with Gasteiger partial charge < -0.3 is 15.4 Å². The van der Waals surface area contributed by atoms with Crippen LogP contribution in [0.3, 0.4) is 0 Å². The van der Waals surface area contributed by atoms with Gasteiger partial charge in [0.05, 0.1) is 0 Å². The first kappa shape index (κ1) is 12.8. The van der Waals surface area contributed by atoms with Crippen LogP contribution < -0.4 is 5.32 Å². The summed E-state index contributed by atoms with van der Waals surface area (Å²) in [7, 11) is 0. The van der Waals surface area contributed by atoms with E-state index in [0.717, 1.165) is 0 Å². The normalized spacial score (nSPS) is 13.5. The Hall–Kier alpha value is -1.29. The summed E-state index contributed by atoms with van der Waals surface area (Å²) in [5, 5.41) is 11.9. The maximum absolute atomic E-state index is 11.8. The number of H-pyrrole nitrogens is 1. The largest absolute Gasteiger partial charge is 0.396 e. The molecule has 0 aliphatic carbocycles. The minimum absolute atomic E-state index is 0.0340. The molecule has 0 bridgehead atoms. The van der Waals surface area contributed by atoms with Crippen LogP contribution in [0.1, 0.15) is 37.7 Å². The number of rotatable bonds is 4. The molecule has 3 N–H and O–H groups in total. The highest BCUT2D eigenvalue weighted by molar-refractivity contribution is 5.92. The van der Waals surface area contributed by atoms with Gasteiger partial charge in [0.15, 0.2) is 0 Å². The SMILES string of the molecule is CC(C)(C)[C@@H](CCO)NC(=O)c1ccc[nH]1. The maximum atomic E-state index is 11.8. The van der Waals surface area contributed by atoms with Crippen molar-refractivity contribution in [2.45, 2.75) is 33.2 Å². The first-order valence-corrected chi connectivity index (χ1v) is 5.50. The van der Waals surface area contributed by atoms with E-state index in [-0.39, 0.29) is 24.0 Å². The fourth-order valence-corrected chi connectivity index (χ4v) is 1.56. The van der Waals surface area contributed by atoms with E-state index in [9.17, 15) is 4.79 Å². The summed E-state index contributed by atoms with van der Waals surface area (Å²) in [6, 6.07) is 3.48. The second kappa shape index (κ2) is 5.16. The van der Waals surface area contributed by atoms with Crippen LogP contribution in [0, 0.1) is 5.41 Å². The van der Waals surface area contributed by atoms with E-state index in [1.54, 1.807) is 18.3 Å². The molecule has 0 unspecified atom stereocenters. The van der Waals surface area contributed by atoms with Crippen LogP contribution in [0.2, 0.25) is 0 Å². The lowest BCUT2D eigenvalue weighted by atomic mass is 9.85. The number of aliphatic hydroxyl groups excluding tert-OH is 1. The van der Waals surface area contributed by atoms with Gasteiger partial charge in [-0.2, -0.15) is 0 Å². The van der Waals surface area contributed by atoms with Gasteiger partial charge in [-0.1, -0.05) is 20.8 Å². The number of hydrogen-bond donors (Lipinski definition) is 3. The van der Waals surface area contributed by atoms with E-state index in [2.05, 4.69) is 10.3 Å². The summed E-state index contributed by atoms with van der Waals surface area (Å²) >= 11 is 0. The Kier molecular flexibility index (Phi) is 4.12. The number of hydrogen-bond acceptors (Lipinski definition) is 2. The standard InChI is InChI=1S/C12H20N2O2/c1-12(2,3)10(6-8-15)14-11(16)9-5-4-7-13-9/h4-5,7,10,13,15H,6,8H2,1-3H3,(H,14,16)/t10-/m1/s1. The number of aliphatic hydroxyl groups is 1. The average Bonchev–Trinajstić information content (AvgIpc) is 2.68. The van der Waals surface area contributed by atoms with E-state index in [1.807, 2.05) is 20.8 Å². The topological polar surface area (TPSA) is 65.1 Å². The first-order valence-electron chi connectivity index (χ1n) is 5.50. The van der Waals surface area contributed by atoms with Crippen LogP contribution in [0.5, 0.6) is 0 Å². The Morgan fingerprint density at radius 3 is 2.69 bits per heavy atom. The molecule has 0 fully saturated rings. The van der Waals surface area contributed by atoms with Gasteiger partial charge in [-0.15, -0.1) is 0 Å². The lowest BCUT2D eigenvalue weighted by Gasteiger charge is -2.30. The molecule has 1 amide bonds. The molecule has 4 nitrogen and oxygen atoms in total. The third kappa shape index (κ3) is 3.38. The second-order valence-corrected chi connectivity index (χ2v) is 4.99. The van der Waals surface area contributed by atoms with Crippen molar-refractivity contribution >= 4 is 5.91 Å². The van der Waals surface area contributed by atoms with Gasteiger partial charge in [0, 0.05) is 18.8 Å². The van der Waals surface area contributed by atoms with Crippen LogP contribution >= 0.6 is 0 Å². The number of nitrogens with one attached hydrogen (secondary N) is 2. The summed E-state index contributed by atoms with van der Waals surface area (Å²) in [4.78, 5) is 14.7. The van der Waals surface area contributed by atoms with Gasteiger partial charge in [0.1, 0.15) is 5.69 Å². The zero-order valence-corrected chi connectivity index (χ0v) is 10.1. The van der Waals surface area contributed by atoms with Crippen molar-refractivity contribution in [3.05, 3.63) is 24.0 Å². The lowest BCUT2D eigenvalue weighted by molar-refractivity contribution is 0.0880. The molecule has 1 aromatic heterocycles. The van der Waals surface area contributed by atoms with Crippen molar-refractivity contribution in [2.75, 3.05) is 6.61 Å². The van der Waals surface area contributed by atoms with Gasteiger partial charge >= 0.3 is 0 Å². The predicted octanol–water partition coefficient (Wildman–Crippen LogP) is 1.54. The Morgan fingerprint density at radius 1 is 1.56 bits per heavy atom. The van der Waals surface area contributed by atoms with Crippen LogP contribution in [0.15, 0.2) is 18.3 Å². The fraction of sp³-hybridized carbons (Fsp3) is 0.583. The third-order valence-electron chi connectivity index (χ3n) is 2.61. The van der Waals surface area contributed by atoms with Crippen molar-refractivity contribution in [1.82, 2.24) is 10.3 Å².